The first kappa shape index (κ1) is 22.3. The molecule has 0 spiro atoms. The summed E-state index contributed by atoms with van der Waals surface area (Å²) >= 11 is 0. The lowest BCUT2D eigenvalue weighted by Gasteiger charge is -2.30. The van der Waals surface area contributed by atoms with Gasteiger partial charge in [0.15, 0.2) is 0 Å². The van der Waals surface area contributed by atoms with E-state index in [9.17, 15) is 22.4 Å². The molecule has 0 atom stereocenters. The highest BCUT2D eigenvalue weighted by molar-refractivity contribution is 7.89. The molecule has 1 fully saturated rings. The summed E-state index contributed by atoms with van der Waals surface area (Å²) in [5.74, 6) is -0.993. The van der Waals surface area contributed by atoms with Gasteiger partial charge in [0.25, 0.3) is 0 Å². The van der Waals surface area contributed by atoms with Crippen molar-refractivity contribution in [3.63, 3.8) is 0 Å². The summed E-state index contributed by atoms with van der Waals surface area (Å²) in [5.41, 5.74) is 0. The molecule has 9 heteroatoms. The van der Waals surface area contributed by atoms with E-state index < -0.39 is 15.8 Å². The number of halogens is 1. The Morgan fingerprint density at radius 3 is 2.39 bits per heavy atom. The molecule has 0 aromatic heterocycles. The SMILES string of the molecule is COC(=O)CCCCCNC(=O)C1CCN(S(=O)(=O)c2ccc(F)cc2)CC1. The molecule has 0 aliphatic carbocycles. The van der Waals surface area contributed by atoms with Gasteiger partial charge in [0.2, 0.25) is 15.9 Å². The number of hydrogen-bond acceptors (Lipinski definition) is 5. The van der Waals surface area contributed by atoms with Gasteiger partial charge in [0.1, 0.15) is 5.82 Å². The number of nitrogens with one attached hydrogen (secondary N) is 1. The van der Waals surface area contributed by atoms with Gasteiger partial charge in [-0.05, 0) is 49.9 Å². The first-order valence-corrected chi connectivity index (χ1v) is 10.9. The van der Waals surface area contributed by atoms with Crippen LogP contribution in [0.5, 0.6) is 0 Å². The number of methoxy groups -OCH3 is 1. The minimum atomic E-state index is -3.67. The Hall–Kier alpha value is -2.00. The van der Waals surface area contributed by atoms with E-state index in [2.05, 4.69) is 10.1 Å². The lowest BCUT2D eigenvalue weighted by atomic mass is 9.97. The summed E-state index contributed by atoms with van der Waals surface area (Å²) in [5, 5.41) is 2.88. The fourth-order valence-corrected chi connectivity index (χ4v) is 4.61. The van der Waals surface area contributed by atoms with Gasteiger partial charge in [0, 0.05) is 32.0 Å². The molecule has 0 radical (unpaired) electrons. The van der Waals surface area contributed by atoms with Crippen molar-refractivity contribution in [2.45, 2.75) is 43.4 Å². The highest BCUT2D eigenvalue weighted by Gasteiger charge is 2.31. The van der Waals surface area contributed by atoms with Crippen molar-refractivity contribution < 1.29 is 27.1 Å². The van der Waals surface area contributed by atoms with Crippen molar-refractivity contribution >= 4 is 21.9 Å². The van der Waals surface area contributed by atoms with Gasteiger partial charge < -0.3 is 10.1 Å². The zero-order chi connectivity index (χ0) is 20.6. The second-order valence-corrected chi connectivity index (χ2v) is 8.75. The van der Waals surface area contributed by atoms with E-state index in [1.54, 1.807) is 0 Å². The Morgan fingerprint density at radius 2 is 1.79 bits per heavy atom. The lowest BCUT2D eigenvalue weighted by Crippen LogP contribution is -2.43. The van der Waals surface area contributed by atoms with Crippen LogP contribution in [-0.2, 0) is 24.3 Å². The number of nitrogens with zero attached hydrogens (tertiary/aromatic N) is 1. The van der Waals surface area contributed by atoms with E-state index in [0.717, 1.165) is 31.4 Å². The molecule has 1 aromatic rings. The molecule has 1 amide bonds. The van der Waals surface area contributed by atoms with Crippen LogP contribution < -0.4 is 5.32 Å². The van der Waals surface area contributed by atoms with Crippen LogP contribution in [0, 0.1) is 11.7 Å². The highest BCUT2D eigenvalue weighted by atomic mass is 32.2. The molecule has 0 unspecified atom stereocenters. The van der Waals surface area contributed by atoms with Crippen LogP contribution in [0.1, 0.15) is 38.5 Å². The fourth-order valence-electron chi connectivity index (χ4n) is 3.14. The van der Waals surface area contributed by atoms with Crippen LogP contribution in [0.25, 0.3) is 0 Å². The van der Waals surface area contributed by atoms with Gasteiger partial charge in [-0.25, -0.2) is 12.8 Å². The zero-order valence-electron chi connectivity index (χ0n) is 16.0. The van der Waals surface area contributed by atoms with Crippen molar-refractivity contribution in [2.75, 3.05) is 26.7 Å². The van der Waals surface area contributed by atoms with E-state index in [1.165, 1.54) is 23.5 Å². The summed E-state index contributed by atoms with van der Waals surface area (Å²) in [7, 11) is -2.31. The maximum atomic E-state index is 13.0. The quantitative estimate of drug-likeness (QED) is 0.493. The lowest BCUT2D eigenvalue weighted by molar-refractivity contribution is -0.140. The predicted octanol–water partition coefficient (Wildman–Crippen LogP) is 2.08. The number of hydrogen-bond donors (Lipinski definition) is 1. The molecule has 1 aromatic carbocycles. The van der Waals surface area contributed by atoms with Crippen molar-refractivity contribution in [3.05, 3.63) is 30.1 Å². The molecule has 1 N–H and O–H groups in total. The number of rotatable bonds is 9. The second-order valence-electron chi connectivity index (χ2n) is 6.81. The molecule has 7 nitrogen and oxygen atoms in total. The van der Waals surface area contributed by atoms with E-state index in [0.29, 0.717) is 25.8 Å². The van der Waals surface area contributed by atoms with Crippen LogP contribution >= 0.6 is 0 Å². The van der Waals surface area contributed by atoms with Crippen LogP contribution in [0.3, 0.4) is 0 Å². The van der Waals surface area contributed by atoms with Crippen molar-refractivity contribution in [1.82, 2.24) is 9.62 Å². The Bertz CT molecular complexity index is 759. The maximum Gasteiger partial charge on any atom is 0.305 e. The third-order valence-electron chi connectivity index (χ3n) is 4.86. The molecule has 1 aliphatic heterocycles. The van der Waals surface area contributed by atoms with Crippen LogP contribution in [0.15, 0.2) is 29.2 Å². The normalized spacial score (nSPS) is 15.9. The third kappa shape index (κ3) is 6.27. The van der Waals surface area contributed by atoms with Gasteiger partial charge in [0.05, 0.1) is 12.0 Å². The Balaban J connectivity index is 1.72. The fraction of sp³-hybridized carbons (Fsp3) is 0.579. The number of benzene rings is 1. The number of esters is 1. The average molecular weight is 414 g/mol. The van der Waals surface area contributed by atoms with Crippen LogP contribution in [-0.4, -0.2) is 51.3 Å². The van der Waals surface area contributed by atoms with E-state index in [4.69, 9.17) is 0 Å². The standard InChI is InChI=1S/C19H27FN2O5S/c1-27-18(23)5-3-2-4-12-21-19(24)15-10-13-22(14-11-15)28(25,26)17-8-6-16(20)7-9-17/h6-9,15H,2-5,10-14H2,1H3,(H,21,24). The highest BCUT2D eigenvalue weighted by Crippen LogP contribution is 2.24. The number of piperidine rings is 1. The molecular formula is C19H27FN2O5S. The maximum absolute atomic E-state index is 13.0. The number of unbranched alkanes of at least 4 members (excludes halogenated alkanes) is 2. The molecule has 156 valence electrons. The third-order valence-corrected chi connectivity index (χ3v) is 6.77. The average Bonchev–Trinajstić information content (AvgIpc) is 2.70. The zero-order valence-corrected chi connectivity index (χ0v) is 16.8. The smallest absolute Gasteiger partial charge is 0.305 e. The van der Waals surface area contributed by atoms with Gasteiger partial charge >= 0.3 is 5.97 Å². The molecule has 28 heavy (non-hydrogen) atoms. The van der Waals surface area contributed by atoms with E-state index in [1.807, 2.05) is 0 Å². The second kappa shape index (κ2) is 10.5. The summed E-state index contributed by atoms with van der Waals surface area (Å²) in [4.78, 5) is 23.3. The van der Waals surface area contributed by atoms with Gasteiger partial charge in [-0.15, -0.1) is 0 Å². The molecule has 0 bridgehead atoms. The van der Waals surface area contributed by atoms with Crippen LogP contribution in [0.2, 0.25) is 0 Å². The molecular weight excluding hydrogens is 387 g/mol. The number of carbonyl (C=O) groups excluding carboxylic acids is 2. The molecule has 0 saturated carbocycles. The molecule has 1 saturated heterocycles. The minimum absolute atomic E-state index is 0.0590. The Kier molecular flexibility index (Phi) is 8.37. The summed E-state index contributed by atoms with van der Waals surface area (Å²) < 4.78 is 44.1. The Morgan fingerprint density at radius 1 is 1.14 bits per heavy atom. The van der Waals surface area contributed by atoms with Gasteiger partial charge in [-0.1, -0.05) is 6.42 Å². The number of ether oxygens (including phenoxy) is 1. The minimum Gasteiger partial charge on any atom is -0.469 e. The van der Waals surface area contributed by atoms with E-state index in [-0.39, 0.29) is 35.8 Å². The summed E-state index contributed by atoms with van der Waals surface area (Å²) in [6.45, 7) is 1.06. The summed E-state index contributed by atoms with van der Waals surface area (Å²) in [6.07, 6.45) is 3.61. The first-order chi connectivity index (χ1) is 13.3. The van der Waals surface area contributed by atoms with Crippen molar-refractivity contribution in [1.29, 1.82) is 0 Å². The summed E-state index contributed by atoms with van der Waals surface area (Å²) in [6, 6.07) is 4.75. The predicted molar refractivity (Wildman–Crippen MR) is 101 cm³/mol. The first-order valence-electron chi connectivity index (χ1n) is 9.45. The number of sulfonamides is 1. The molecule has 1 aliphatic rings. The van der Waals surface area contributed by atoms with Crippen LogP contribution in [0.4, 0.5) is 4.39 Å². The number of amides is 1. The van der Waals surface area contributed by atoms with E-state index >= 15 is 0 Å². The monoisotopic (exact) mass is 414 g/mol. The Labute approximate surface area is 165 Å². The largest absolute Gasteiger partial charge is 0.469 e. The topological polar surface area (TPSA) is 92.8 Å². The molecule has 2 rings (SSSR count). The molecule has 1 heterocycles. The van der Waals surface area contributed by atoms with Gasteiger partial charge in [-0.3, -0.25) is 9.59 Å². The number of carbonyl (C=O) groups is 2. The van der Waals surface area contributed by atoms with Crippen molar-refractivity contribution in [2.24, 2.45) is 5.92 Å². The van der Waals surface area contributed by atoms with Crippen molar-refractivity contribution in [3.8, 4) is 0 Å². The van der Waals surface area contributed by atoms with Gasteiger partial charge in [-0.2, -0.15) is 4.31 Å².